The fourth-order valence-corrected chi connectivity index (χ4v) is 2.21. The van der Waals surface area contributed by atoms with Crippen molar-refractivity contribution in [2.24, 2.45) is 10.2 Å². The van der Waals surface area contributed by atoms with Crippen LogP contribution in [-0.4, -0.2) is 53.4 Å². The molecule has 1 aromatic rings. The summed E-state index contributed by atoms with van der Waals surface area (Å²) in [6.45, 7) is 10.0. The summed E-state index contributed by atoms with van der Waals surface area (Å²) in [6, 6.07) is 2.89. The maximum Gasteiger partial charge on any atom is 0.338 e. The lowest BCUT2D eigenvalue weighted by Gasteiger charge is -2.09. The number of hydrogen-bond acceptors (Lipinski definition) is 7. The number of carbonyl (C=O) groups is 1. The van der Waals surface area contributed by atoms with Gasteiger partial charge in [0.15, 0.2) is 10.2 Å². The van der Waals surface area contributed by atoms with Crippen molar-refractivity contribution >= 4 is 53.1 Å². The topological polar surface area (TPSA) is 119 Å². The number of carbonyl (C=O) groups excluding carboxylic acids is 1. The van der Waals surface area contributed by atoms with E-state index in [9.17, 15) is 9.90 Å². The van der Waals surface area contributed by atoms with Crippen molar-refractivity contribution in [3.63, 3.8) is 0 Å². The summed E-state index contributed by atoms with van der Waals surface area (Å²) in [5, 5.41) is 24.7. The highest BCUT2D eigenvalue weighted by atomic mass is 32.1. The monoisotopic (exact) mass is 448 g/mol. The minimum Gasteiger partial charge on any atom is -0.507 e. The van der Waals surface area contributed by atoms with Gasteiger partial charge in [-0.3, -0.25) is 10.9 Å². The van der Waals surface area contributed by atoms with Crippen LogP contribution in [0.15, 0.2) is 47.6 Å². The number of hydrazone groups is 2. The second-order valence-electron chi connectivity index (χ2n) is 5.46. The Morgan fingerprint density at radius 3 is 1.93 bits per heavy atom. The highest BCUT2D eigenvalue weighted by Crippen LogP contribution is 2.22. The molecule has 0 saturated carbocycles. The van der Waals surface area contributed by atoms with Crippen LogP contribution in [0.5, 0.6) is 5.75 Å². The maximum atomic E-state index is 12.2. The van der Waals surface area contributed by atoms with E-state index < -0.39 is 5.97 Å². The van der Waals surface area contributed by atoms with Gasteiger partial charge >= 0.3 is 5.97 Å². The van der Waals surface area contributed by atoms with Gasteiger partial charge in [0.25, 0.3) is 0 Å². The minimum absolute atomic E-state index is 0.144. The zero-order valence-corrected chi connectivity index (χ0v) is 18.1. The molecule has 1 rings (SSSR count). The Hall–Kier alpha value is -3.31. The molecule has 0 saturated heterocycles. The number of rotatable bonds is 10. The predicted octanol–water partition coefficient (Wildman–Crippen LogP) is 1.54. The zero-order valence-electron chi connectivity index (χ0n) is 16.5. The first-order chi connectivity index (χ1) is 14.4. The molecule has 0 aliphatic carbocycles. The van der Waals surface area contributed by atoms with Crippen LogP contribution in [0.2, 0.25) is 0 Å². The molecule has 11 heteroatoms. The van der Waals surface area contributed by atoms with E-state index in [1.54, 1.807) is 19.1 Å². The van der Waals surface area contributed by atoms with Crippen LogP contribution >= 0.6 is 24.4 Å². The Kier molecular flexibility index (Phi) is 11.4. The van der Waals surface area contributed by atoms with E-state index in [1.807, 2.05) is 0 Å². The average molecular weight is 449 g/mol. The van der Waals surface area contributed by atoms with E-state index in [0.29, 0.717) is 13.1 Å². The standard InChI is InChI=1S/C19H24N6O3S2/c1-4-7-20-18(29)24-22-11-14-9-13(17(27)28-6-3)10-15(16(14)26)12-23-25-19(30)21-8-5-2/h4-5,9-12,26H,1-2,6-8H2,3H3,(H2,20,24,29)(H2,21,25,30)/b22-11+,23-12+. The summed E-state index contributed by atoms with van der Waals surface area (Å²) in [6.07, 6.45) is 5.93. The quantitative estimate of drug-likeness (QED) is 0.119. The van der Waals surface area contributed by atoms with Crippen molar-refractivity contribution in [3.05, 3.63) is 54.1 Å². The SMILES string of the molecule is C=CCNC(=S)N/N=C/c1cc(C(=O)OCC)cc(/C=N/NC(=S)NCC=C)c1O. The molecule has 0 spiro atoms. The second-order valence-corrected chi connectivity index (χ2v) is 6.28. The molecule has 30 heavy (non-hydrogen) atoms. The molecule has 5 N–H and O–H groups in total. The summed E-state index contributed by atoms with van der Waals surface area (Å²) in [5.41, 5.74) is 5.93. The van der Waals surface area contributed by atoms with Crippen molar-refractivity contribution in [1.29, 1.82) is 0 Å². The summed E-state index contributed by atoms with van der Waals surface area (Å²) in [4.78, 5) is 12.2. The molecule has 0 fully saturated rings. The minimum atomic E-state index is -0.547. The van der Waals surface area contributed by atoms with Crippen molar-refractivity contribution < 1.29 is 14.6 Å². The van der Waals surface area contributed by atoms with Gasteiger partial charge in [-0.15, -0.1) is 13.2 Å². The molecule has 0 heterocycles. The van der Waals surface area contributed by atoms with Gasteiger partial charge in [0.1, 0.15) is 5.75 Å². The molecule has 0 atom stereocenters. The summed E-state index contributed by atoms with van der Waals surface area (Å²) >= 11 is 10.1. The molecule has 1 aromatic carbocycles. The van der Waals surface area contributed by atoms with E-state index >= 15 is 0 Å². The number of aromatic hydroxyl groups is 1. The largest absolute Gasteiger partial charge is 0.507 e. The number of hydrogen-bond donors (Lipinski definition) is 5. The maximum absolute atomic E-state index is 12.2. The van der Waals surface area contributed by atoms with Crippen LogP contribution < -0.4 is 21.5 Å². The Balaban J connectivity index is 3.07. The van der Waals surface area contributed by atoms with Crippen molar-refractivity contribution in [2.45, 2.75) is 6.92 Å². The van der Waals surface area contributed by atoms with Gasteiger partial charge < -0.3 is 20.5 Å². The van der Waals surface area contributed by atoms with Gasteiger partial charge in [0, 0.05) is 24.2 Å². The van der Waals surface area contributed by atoms with E-state index in [4.69, 9.17) is 29.2 Å². The number of phenols is 1. The summed E-state index contributed by atoms with van der Waals surface area (Å²) in [5.74, 6) is -0.692. The third-order valence-electron chi connectivity index (χ3n) is 3.23. The van der Waals surface area contributed by atoms with E-state index in [0.717, 1.165) is 0 Å². The number of ether oxygens (including phenoxy) is 1. The fraction of sp³-hybridized carbons (Fsp3) is 0.211. The van der Waals surface area contributed by atoms with Crippen molar-refractivity contribution in [2.75, 3.05) is 19.7 Å². The van der Waals surface area contributed by atoms with Gasteiger partial charge in [-0.2, -0.15) is 10.2 Å². The molecule has 0 unspecified atom stereocenters. The Morgan fingerprint density at radius 2 is 1.53 bits per heavy atom. The van der Waals surface area contributed by atoms with Crippen LogP contribution in [-0.2, 0) is 4.74 Å². The van der Waals surface area contributed by atoms with Crippen LogP contribution in [0.4, 0.5) is 0 Å². The molecule has 0 aliphatic rings. The Labute approximate surface area is 186 Å². The Bertz CT molecular complexity index is 798. The van der Waals surface area contributed by atoms with E-state index in [-0.39, 0.29) is 39.3 Å². The van der Waals surface area contributed by atoms with E-state index in [1.165, 1.54) is 24.6 Å². The van der Waals surface area contributed by atoms with Crippen molar-refractivity contribution in [3.8, 4) is 5.75 Å². The van der Waals surface area contributed by atoms with E-state index in [2.05, 4.69) is 44.8 Å². The lowest BCUT2D eigenvalue weighted by atomic mass is 10.0. The number of phenolic OH excluding ortho intramolecular Hbond substituents is 1. The highest BCUT2D eigenvalue weighted by Gasteiger charge is 2.14. The Morgan fingerprint density at radius 1 is 1.07 bits per heavy atom. The predicted molar refractivity (Wildman–Crippen MR) is 127 cm³/mol. The number of nitrogens with one attached hydrogen (secondary N) is 4. The number of thiocarbonyl (C=S) groups is 2. The first-order valence-corrected chi connectivity index (χ1v) is 9.64. The lowest BCUT2D eigenvalue weighted by Crippen LogP contribution is -2.32. The smallest absolute Gasteiger partial charge is 0.338 e. The number of esters is 1. The summed E-state index contributed by atoms with van der Waals surface area (Å²) < 4.78 is 5.03. The molecule has 9 nitrogen and oxygen atoms in total. The molecule has 0 radical (unpaired) electrons. The average Bonchev–Trinajstić information content (AvgIpc) is 2.73. The second kappa shape index (κ2) is 13.8. The zero-order chi connectivity index (χ0) is 22.4. The molecule has 0 aliphatic heterocycles. The molecule has 0 aromatic heterocycles. The van der Waals surface area contributed by atoms with Crippen molar-refractivity contribution in [1.82, 2.24) is 21.5 Å². The van der Waals surface area contributed by atoms with Gasteiger partial charge in [-0.1, -0.05) is 12.2 Å². The molecule has 160 valence electrons. The molecule has 0 bridgehead atoms. The van der Waals surface area contributed by atoms with Crippen LogP contribution in [0.1, 0.15) is 28.4 Å². The van der Waals surface area contributed by atoms with Gasteiger partial charge in [0.05, 0.1) is 24.6 Å². The number of benzene rings is 1. The molecular weight excluding hydrogens is 424 g/mol. The first kappa shape index (κ1) is 24.7. The normalized spacial score (nSPS) is 10.4. The van der Waals surface area contributed by atoms with Gasteiger partial charge in [-0.05, 0) is 43.5 Å². The number of nitrogens with zero attached hydrogens (tertiary/aromatic N) is 2. The van der Waals surface area contributed by atoms with Gasteiger partial charge in [-0.25, -0.2) is 4.79 Å². The van der Waals surface area contributed by atoms with Crippen LogP contribution in [0.3, 0.4) is 0 Å². The van der Waals surface area contributed by atoms with Crippen LogP contribution in [0.25, 0.3) is 0 Å². The van der Waals surface area contributed by atoms with Crippen LogP contribution in [0, 0.1) is 0 Å². The third kappa shape index (κ3) is 8.80. The highest BCUT2D eigenvalue weighted by molar-refractivity contribution is 7.80. The molecule has 0 amide bonds. The first-order valence-electron chi connectivity index (χ1n) is 8.82. The third-order valence-corrected chi connectivity index (χ3v) is 3.70. The lowest BCUT2D eigenvalue weighted by molar-refractivity contribution is 0.0526. The fourth-order valence-electron chi connectivity index (χ4n) is 1.94. The van der Waals surface area contributed by atoms with Gasteiger partial charge in [0.2, 0.25) is 0 Å². The molecular formula is C19H24N6O3S2. The summed E-state index contributed by atoms with van der Waals surface area (Å²) in [7, 11) is 0.